The molecule has 1 saturated heterocycles. The molecule has 1 unspecified atom stereocenters. The minimum absolute atomic E-state index is 0.241. The predicted octanol–water partition coefficient (Wildman–Crippen LogP) is 1.19. The third kappa shape index (κ3) is 4.28. The van der Waals surface area contributed by atoms with Crippen molar-refractivity contribution in [1.82, 2.24) is 4.90 Å². The molecular weight excluding hydrogens is 232 g/mol. The molecule has 5 nitrogen and oxygen atoms in total. The SMILES string of the molecule is COC(=O)C1COCCN1CCCC(C)(C)C#N. The van der Waals surface area contributed by atoms with Gasteiger partial charge in [-0.25, -0.2) is 0 Å². The minimum atomic E-state index is -0.299. The second-order valence-corrected chi connectivity index (χ2v) is 5.25. The molecule has 0 N–H and O–H groups in total. The van der Waals surface area contributed by atoms with Gasteiger partial charge in [-0.2, -0.15) is 5.26 Å². The van der Waals surface area contributed by atoms with Crippen molar-refractivity contribution >= 4 is 5.97 Å². The fourth-order valence-corrected chi connectivity index (χ4v) is 2.04. The molecule has 0 bridgehead atoms. The van der Waals surface area contributed by atoms with Gasteiger partial charge in [-0.05, 0) is 33.2 Å². The molecule has 0 aromatic carbocycles. The number of hydrogen-bond donors (Lipinski definition) is 0. The van der Waals surface area contributed by atoms with Crippen molar-refractivity contribution in [3.8, 4) is 6.07 Å². The summed E-state index contributed by atoms with van der Waals surface area (Å²) in [6, 6.07) is 1.99. The van der Waals surface area contributed by atoms with Gasteiger partial charge in [-0.15, -0.1) is 0 Å². The molecule has 18 heavy (non-hydrogen) atoms. The van der Waals surface area contributed by atoms with Crippen LogP contribution in [0.5, 0.6) is 0 Å². The van der Waals surface area contributed by atoms with Gasteiger partial charge in [0.1, 0.15) is 6.04 Å². The molecule has 0 radical (unpaired) electrons. The van der Waals surface area contributed by atoms with Crippen molar-refractivity contribution in [3.05, 3.63) is 0 Å². The Labute approximate surface area is 109 Å². The Bertz CT molecular complexity index is 323. The number of carbonyl (C=O) groups is 1. The Kier molecular flexibility index (Phi) is 5.57. The van der Waals surface area contributed by atoms with Crippen LogP contribution in [0.2, 0.25) is 0 Å². The zero-order chi connectivity index (χ0) is 13.6. The average molecular weight is 254 g/mol. The first-order valence-corrected chi connectivity index (χ1v) is 6.31. The maximum absolute atomic E-state index is 11.6. The Morgan fingerprint density at radius 3 is 2.94 bits per heavy atom. The lowest BCUT2D eigenvalue weighted by atomic mass is 9.89. The fraction of sp³-hybridized carbons (Fsp3) is 0.846. The molecule has 0 spiro atoms. The number of hydrogen-bond acceptors (Lipinski definition) is 5. The molecule has 1 aliphatic heterocycles. The van der Waals surface area contributed by atoms with Crippen LogP contribution in [0.4, 0.5) is 0 Å². The summed E-state index contributed by atoms with van der Waals surface area (Å²) in [5.41, 5.74) is -0.299. The first kappa shape index (κ1) is 14.9. The van der Waals surface area contributed by atoms with Gasteiger partial charge in [0.2, 0.25) is 0 Å². The number of ether oxygens (including phenoxy) is 2. The van der Waals surface area contributed by atoms with E-state index in [1.807, 2.05) is 13.8 Å². The van der Waals surface area contributed by atoms with Crippen LogP contribution in [0.15, 0.2) is 0 Å². The third-order valence-corrected chi connectivity index (χ3v) is 3.26. The second-order valence-electron chi connectivity index (χ2n) is 5.25. The normalized spacial score (nSPS) is 21.3. The van der Waals surface area contributed by atoms with E-state index in [9.17, 15) is 4.79 Å². The number of methoxy groups -OCH3 is 1. The van der Waals surface area contributed by atoms with Crippen molar-refractivity contribution < 1.29 is 14.3 Å². The highest BCUT2D eigenvalue weighted by molar-refractivity contribution is 5.75. The van der Waals surface area contributed by atoms with Crippen LogP contribution in [0.1, 0.15) is 26.7 Å². The monoisotopic (exact) mass is 254 g/mol. The van der Waals surface area contributed by atoms with Crippen molar-refractivity contribution in [2.24, 2.45) is 5.41 Å². The summed E-state index contributed by atoms with van der Waals surface area (Å²) in [4.78, 5) is 13.7. The lowest BCUT2D eigenvalue weighted by molar-refractivity contribution is -0.153. The maximum atomic E-state index is 11.6. The van der Waals surface area contributed by atoms with Crippen LogP contribution in [-0.2, 0) is 14.3 Å². The van der Waals surface area contributed by atoms with E-state index in [1.165, 1.54) is 7.11 Å². The molecule has 0 aromatic rings. The topological polar surface area (TPSA) is 62.6 Å². The predicted molar refractivity (Wildman–Crippen MR) is 66.8 cm³/mol. The van der Waals surface area contributed by atoms with Crippen molar-refractivity contribution in [3.63, 3.8) is 0 Å². The first-order chi connectivity index (χ1) is 8.50. The molecule has 1 atom stereocenters. The first-order valence-electron chi connectivity index (χ1n) is 6.31. The summed E-state index contributed by atoms with van der Waals surface area (Å²) >= 11 is 0. The van der Waals surface area contributed by atoms with Gasteiger partial charge in [0.05, 0.1) is 31.8 Å². The standard InChI is InChI=1S/C13H22N2O3/c1-13(2,10-14)5-4-6-15-7-8-18-9-11(15)12(16)17-3/h11H,4-9H2,1-3H3. The zero-order valence-electron chi connectivity index (χ0n) is 11.4. The fourth-order valence-electron chi connectivity index (χ4n) is 2.04. The second kappa shape index (κ2) is 6.72. The van der Waals surface area contributed by atoms with Gasteiger partial charge < -0.3 is 9.47 Å². The molecule has 1 heterocycles. The Morgan fingerprint density at radius 1 is 1.61 bits per heavy atom. The molecule has 0 saturated carbocycles. The zero-order valence-corrected chi connectivity index (χ0v) is 11.4. The number of morpholine rings is 1. The minimum Gasteiger partial charge on any atom is -0.468 e. The highest BCUT2D eigenvalue weighted by Gasteiger charge is 2.30. The maximum Gasteiger partial charge on any atom is 0.325 e. The number of nitriles is 1. The summed E-state index contributed by atoms with van der Waals surface area (Å²) in [5.74, 6) is -0.241. The lowest BCUT2D eigenvalue weighted by Gasteiger charge is -2.33. The number of nitrogens with zero attached hydrogens (tertiary/aromatic N) is 2. The Morgan fingerprint density at radius 2 is 2.33 bits per heavy atom. The van der Waals surface area contributed by atoms with Crippen molar-refractivity contribution in [2.75, 3.05) is 33.4 Å². The molecule has 5 heteroatoms. The highest BCUT2D eigenvalue weighted by atomic mass is 16.5. The van der Waals surface area contributed by atoms with E-state index in [2.05, 4.69) is 11.0 Å². The molecule has 0 aromatic heterocycles. The third-order valence-electron chi connectivity index (χ3n) is 3.26. The molecule has 0 aliphatic carbocycles. The molecule has 1 rings (SSSR count). The smallest absolute Gasteiger partial charge is 0.325 e. The summed E-state index contributed by atoms with van der Waals surface area (Å²) in [6.07, 6.45) is 1.73. The van der Waals surface area contributed by atoms with Crippen LogP contribution in [0, 0.1) is 16.7 Å². The molecule has 1 aliphatic rings. The van der Waals surface area contributed by atoms with Crippen LogP contribution in [0.3, 0.4) is 0 Å². The van der Waals surface area contributed by atoms with E-state index in [-0.39, 0.29) is 17.4 Å². The van der Waals surface area contributed by atoms with Gasteiger partial charge in [-0.3, -0.25) is 9.69 Å². The van der Waals surface area contributed by atoms with Gasteiger partial charge in [0.15, 0.2) is 0 Å². The summed E-state index contributed by atoms with van der Waals surface area (Å²) in [7, 11) is 1.40. The Balaban J connectivity index is 2.43. The Hall–Kier alpha value is -1.12. The summed E-state index contributed by atoms with van der Waals surface area (Å²) < 4.78 is 10.1. The highest BCUT2D eigenvalue weighted by Crippen LogP contribution is 2.21. The number of esters is 1. The van der Waals surface area contributed by atoms with Gasteiger partial charge in [-0.1, -0.05) is 0 Å². The van der Waals surface area contributed by atoms with Crippen LogP contribution in [-0.4, -0.2) is 50.3 Å². The summed E-state index contributed by atoms with van der Waals surface area (Å²) in [6.45, 7) is 6.46. The average Bonchev–Trinajstić information content (AvgIpc) is 2.38. The van der Waals surface area contributed by atoms with Crippen LogP contribution < -0.4 is 0 Å². The van der Waals surface area contributed by atoms with E-state index < -0.39 is 0 Å². The quantitative estimate of drug-likeness (QED) is 0.690. The molecule has 0 amide bonds. The van der Waals surface area contributed by atoms with Gasteiger partial charge in [0.25, 0.3) is 0 Å². The number of rotatable bonds is 5. The number of carbonyl (C=O) groups excluding carboxylic acids is 1. The lowest BCUT2D eigenvalue weighted by Crippen LogP contribution is -2.50. The van der Waals surface area contributed by atoms with Gasteiger partial charge in [0, 0.05) is 6.54 Å². The molecule has 102 valence electrons. The van der Waals surface area contributed by atoms with E-state index in [0.29, 0.717) is 13.2 Å². The van der Waals surface area contributed by atoms with Crippen molar-refractivity contribution in [1.29, 1.82) is 5.26 Å². The summed E-state index contributed by atoms with van der Waals surface area (Å²) in [5, 5.41) is 8.95. The van der Waals surface area contributed by atoms with Gasteiger partial charge >= 0.3 is 5.97 Å². The molecule has 1 fully saturated rings. The van der Waals surface area contributed by atoms with E-state index in [0.717, 1.165) is 25.9 Å². The van der Waals surface area contributed by atoms with E-state index in [1.54, 1.807) is 0 Å². The van der Waals surface area contributed by atoms with E-state index >= 15 is 0 Å². The van der Waals surface area contributed by atoms with Crippen LogP contribution in [0.25, 0.3) is 0 Å². The van der Waals surface area contributed by atoms with E-state index in [4.69, 9.17) is 14.7 Å². The van der Waals surface area contributed by atoms with Crippen molar-refractivity contribution in [2.45, 2.75) is 32.7 Å². The van der Waals surface area contributed by atoms with Crippen LogP contribution >= 0.6 is 0 Å². The largest absolute Gasteiger partial charge is 0.468 e. The molecular formula is C13H22N2O3.